The van der Waals surface area contributed by atoms with Crippen molar-refractivity contribution in [2.75, 3.05) is 6.61 Å². The van der Waals surface area contributed by atoms with Crippen molar-refractivity contribution >= 4 is 10.1 Å². The van der Waals surface area contributed by atoms with Gasteiger partial charge in [0.05, 0.1) is 12.3 Å². The van der Waals surface area contributed by atoms with E-state index in [1.54, 1.807) is 38.2 Å². The van der Waals surface area contributed by atoms with E-state index in [1.807, 2.05) is 0 Å². The first-order valence-electron chi connectivity index (χ1n) is 7.10. The molecule has 2 aromatic rings. The van der Waals surface area contributed by atoms with Crippen molar-refractivity contribution in [3.8, 4) is 11.5 Å². The van der Waals surface area contributed by atoms with Crippen LogP contribution in [-0.2, 0) is 17.2 Å². The third kappa shape index (κ3) is 4.00. The first kappa shape index (κ1) is 16.4. The van der Waals surface area contributed by atoms with Crippen molar-refractivity contribution in [2.45, 2.75) is 31.7 Å². The fourth-order valence-corrected chi connectivity index (χ4v) is 3.05. The van der Waals surface area contributed by atoms with Gasteiger partial charge >= 0.3 is 10.1 Å². The molecule has 1 heterocycles. The number of nitrogens with zero attached hydrogens (tertiary/aromatic N) is 2. The molecule has 0 spiro atoms. The summed E-state index contributed by atoms with van der Waals surface area (Å²) in [5.41, 5.74) is 0.615. The second-order valence-electron chi connectivity index (χ2n) is 4.96. The minimum atomic E-state index is -3.90. The molecule has 0 atom stereocenters. The predicted octanol–water partition coefficient (Wildman–Crippen LogP) is 2.68. The lowest BCUT2D eigenvalue weighted by Gasteiger charge is -2.08. The molecule has 1 aromatic carbocycles. The van der Waals surface area contributed by atoms with Gasteiger partial charge in [-0.25, -0.2) is 0 Å². The SMILES string of the molecule is CCCCOc1ccc(OS(=O)(=O)c2cc(C)nn2C)cc1. The molecule has 0 aliphatic heterocycles. The maximum Gasteiger partial charge on any atom is 0.356 e. The Morgan fingerprint density at radius 1 is 1.18 bits per heavy atom. The highest BCUT2D eigenvalue weighted by Gasteiger charge is 2.21. The number of benzene rings is 1. The van der Waals surface area contributed by atoms with E-state index >= 15 is 0 Å². The molecule has 0 saturated heterocycles. The highest BCUT2D eigenvalue weighted by Crippen LogP contribution is 2.22. The molecule has 0 bridgehead atoms. The molecular weight excluding hydrogens is 304 g/mol. The van der Waals surface area contributed by atoms with Gasteiger partial charge in [0.25, 0.3) is 0 Å². The summed E-state index contributed by atoms with van der Waals surface area (Å²) in [6.45, 7) is 4.45. The minimum absolute atomic E-state index is 0.0215. The smallest absolute Gasteiger partial charge is 0.356 e. The lowest BCUT2D eigenvalue weighted by Crippen LogP contribution is -2.14. The van der Waals surface area contributed by atoms with Crippen LogP contribution in [0, 0.1) is 6.92 Å². The summed E-state index contributed by atoms with van der Waals surface area (Å²) in [6.07, 6.45) is 2.04. The van der Waals surface area contributed by atoms with Crippen molar-refractivity contribution < 1.29 is 17.3 Å². The van der Waals surface area contributed by atoms with Crippen LogP contribution in [0.3, 0.4) is 0 Å². The average molecular weight is 324 g/mol. The number of unbranched alkanes of at least 4 members (excludes halogenated alkanes) is 1. The zero-order chi connectivity index (χ0) is 16.2. The minimum Gasteiger partial charge on any atom is -0.494 e. The monoisotopic (exact) mass is 324 g/mol. The van der Waals surface area contributed by atoms with Crippen LogP contribution in [0.15, 0.2) is 35.4 Å². The van der Waals surface area contributed by atoms with Crippen molar-refractivity contribution in [1.29, 1.82) is 0 Å². The highest BCUT2D eigenvalue weighted by molar-refractivity contribution is 7.87. The molecule has 1 aromatic heterocycles. The molecule has 22 heavy (non-hydrogen) atoms. The van der Waals surface area contributed by atoms with E-state index in [1.165, 1.54) is 10.7 Å². The quantitative estimate of drug-likeness (QED) is 0.578. The molecule has 0 radical (unpaired) electrons. The van der Waals surface area contributed by atoms with E-state index in [0.717, 1.165) is 12.8 Å². The largest absolute Gasteiger partial charge is 0.494 e. The maximum atomic E-state index is 12.2. The zero-order valence-corrected chi connectivity index (χ0v) is 13.8. The van der Waals surface area contributed by atoms with E-state index < -0.39 is 10.1 Å². The van der Waals surface area contributed by atoms with Crippen molar-refractivity contribution in [2.24, 2.45) is 7.05 Å². The Balaban J connectivity index is 2.08. The summed E-state index contributed by atoms with van der Waals surface area (Å²) in [5.74, 6) is 0.927. The molecule has 2 rings (SSSR count). The van der Waals surface area contributed by atoms with E-state index in [2.05, 4.69) is 12.0 Å². The lowest BCUT2D eigenvalue weighted by molar-refractivity contribution is 0.309. The van der Waals surface area contributed by atoms with E-state index in [9.17, 15) is 8.42 Å². The maximum absolute atomic E-state index is 12.2. The van der Waals surface area contributed by atoms with Crippen LogP contribution < -0.4 is 8.92 Å². The molecule has 0 N–H and O–H groups in total. The topological polar surface area (TPSA) is 70.4 Å². The van der Waals surface area contributed by atoms with E-state index in [-0.39, 0.29) is 10.8 Å². The molecule has 0 aliphatic rings. The molecule has 0 unspecified atom stereocenters. The molecule has 0 fully saturated rings. The van der Waals surface area contributed by atoms with Crippen molar-refractivity contribution in [3.05, 3.63) is 36.0 Å². The first-order valence-corrected chi connectivity index (χ1v) is 8.51. The molecular formula is C15H20N2O4S. The van der Waals surface area contributed by atoms with Gasteiger partial charge in [-0.2, -0.15) is 13.5 Å². The zero-order valence-electron chi connectivity index (χ0n) is 12.9. The fourth-order valence-electron chi connectivity index (χ4n) is 1.92. The van der Waals surface area contributed by atoms with Crippen LogP contribution >= 0.6 is 0 Å². The summed E-state index contributed by atoms with van der Waals surface area (Å²) in [7, 11) is -2.33. The van der Waals surface area contributed by atoms with Gasteiger partial charge in [0, 0.05) is 13.1 Å². The summed E-state index contributed by atoms with van der Waals surface area (Å²) in [6, 6.07) is 7.99. The summed E-state index contributed by atoms with van der Waals surface area (Å²) >= 11 is 0. The van der Waals surface area contributed by atoms with Crippen LogP contribution in [0.2, 0.25) is 0 Å². The third-order valence-corrected chi connectivity index (χ3v) is 4.32. The third-order valence-electron chi connectivity index (χ3n) is 3.01. The van der Waals surface area contributed by atoms with E-state index in [4.69, 9.17) is 8.92 Å². The second-order valence-corrected chi connectivity index (χ2v) is 6.45. The van der Waals surface area contributed by atoms with Gasteiger partial charge < -0.3 is 8.92 Å². The Hall–Kier alpha value is -2.02. The molecule has 7 heteroatoms. The Labute approximate surface area is 130 Å². The van der Waals surface area contributed by atoms with Crippen LogP contribution in [0.5, 0.6) is 11.5 Å². The average Bonchev–Trinajstić information content (AvgIpc) is 2.80. The number of aromatic nitrogens is 2. The molecule has 0 aliphatic carbocycles. The van der Waals surface area contributed by atoms with Gasteiger partial charge in [0.15, 0.2) is 5.03 Å². The summed E-state index contributed by atoms with van der Waals surface area (Å²) in [5, 5.41) is 4.03. The Bertz CT molecular complexity index is 721. The van der Waals surface area contributed by atoms with Gasteiger partial charge in [0.1, 0.15) is 11.5 Å². The molecule has 6 nitrogen and oxygen atoms in total. The van der Waals surface area contributed by atoms with Gasteiger partial charge in [-0.1, -0.05) is 13.3 Å². The Morgan fingerprint density at radius 2 is 1.82 bits per heavy atom. The fraction of sp³-hybridized carbons (Fsp3) is 0.400. The number of ether oxygens (including phenoxy) is 1. The number of hydrogen-bond donors (Lipinski definition) is 0. The molecule has 0 saturated carbocycles. The number of aryl methyl sites for hydroxylation is 2. The van der Waals surface area contributed by atoms with Crippen molar-refractivity contribution in [1.82, 2.24) is 9.78 Å². The summed E-state index contributed by atoms with van der Waals surface area (Å²) < 4.78 is 36.4. The number of rotatable bonds is 7. The van der Waals surface area contributed by atoms with Crippen molar-refractivity contribution in [3.63, 3.8) is 0 Å². The van der Waals surface area contributed by atoms with Crippen LogP contribution in [0.1, 0.15) is 25.5 Å². The molecule has 0 amide bonds. The highest BCUT2D eigenvalue weighted by atomic mass is 32.2. The van der Waals surface area contributed by atoms with Gasteiger partial charge in [0.2, 0.25) is 0 Å². The van der Waals surface area contributed by atoms with E-state index in [0.29, 0.717) is 18.1 Å². The Morgan fingerprint density at radius 3 is 2.36 bits per heavy atom. The lowest BCUT2D eigenvalue weighted by atomic mass is 10.3. The van der Waals surface area contributed by atoms with Crippen LogP contribution in [0.25, 0.3) is 0 Å². The second kappa shape index (κ2) is 6.83. The normalized spacial score (nSPS) is 11.4. The number of hydrogen-bond acceptors (Lipinski definition) is 5. The summed E-state index contributed by atoms with van der Waals surface area (Å²) in [4.78, 5) is 0. The molecule has 120 valence electrons. The Kier molecular flexibility index (Phi) is 5.07. The standard InChI is InChI=1S/C15H20N2O4S/c1-4-5-10-20-13-6-8-14(9-7-13)21-22(18,19)15-11-12(2)16-17(15)3/h6-9,11H,4-5,10H2,1-3H3. The predicted molar refractivity (Wildman–Crippen MR) is 82.6 cm³/mol. The van der Waals surface area contributed by atoms with Gasteiger partial charge in [-0.05, 0) is 37.6 Å². The van der Waals surface area contributed by atoms with Gasteiger partial charge in [-0.3, -0.25) is 4.68 Å². The van der Waals surface area contributed by atoms with Crippen LogP contribution in [0.4, 0.5) is 0 Å². The first-order chi connectivity index (χ1) is 10.4. The van der Waals surface area contributed by atoms with Gasteiger partial charge in [-0.15, -0.1) is 0 Å². The van der Waals surface area contributed by atoms with Crippen LogP contribution in [-0.4, -0.2) is 24.8 Å².